The van der Waals surface area contributed by atoms with Crippen molar-refractivity contribution in [1.29, 1.82) is 0 Å². The molecule has 1 aliphatic carbocycles. The number of benzene rings is 2. The molecule has 0 aliphatic heterocycles. The van der Waals surface area contributed by atoms with Crippen LogP contribution in [0, 0.1) is 0 Å². The highest BCUT2D eigenvalue weighted by molar-refractivity contribution is 6.23. The van der Waals surface area contributed by atoms with Crippen molar-refractivity contribution in [2.24, 2.45) is 17.8 Å². The van der Waals surface area contributed by atoms with Crippen molar-refractivity contribution in [2.45, 2.75) is 13.0 Å². The number of hydrogen-bond acceptors (Lipinski definition) is 6. The Balaban J connectivity index is 1.36. The van der Waals surface area contributed by atoms with Gasteiger partial charge in [0.05, 0.1) is 36.4 Å². The summed E-state index contributed by atoms with van der Waals surface area (Å²) in [5.41, 5.74) is 16.2. The summed E-state index contributed by atoms with van der Waals surface area (Å²) in [5, 5.41) is 6.59. The van der Waals surface area contributed by atoms with Gasteiger partial charge < -0.3 is 22.1 Å². The van der Waals surface area contributed by atoms with Gasteiger partial charge in [-0.2, -0.15) is 0 Å². The molecule has 0 saturated carbocycles. The van der Waals surface area contributed by atoms with Gasteiger partial charge >= 0.3 is 0 Å². The number of nitrogens with two attached hydrogens (primary N) is 2. The first-order valence-corrected chi connectivity index (χ1v) is 10.8. The number of nitrogens with zero attached hydrogens (tertiary/aromatic N) is 3. The van der Waals surface area contributed by atoms with Crippen molar-refractivity contribution >= 4 is 34.2 Å². The molecule has 6 N–H and O–H groups in total. The van der Waals surface area contributed by atoms with Gasteiger partial charge in [-0.1, -0.05) is 0 Å². The van der Waals surface area contributed by atoms with Crippen LogP contribution in [0.15, 0.2) is 95.8 Å². The zero-order valence-corrected chi connectivity index (χ0v) is 18.5. The third-order valence-electron chi connectivity index (χ3n) is 5.18. The molecule has 0 atom stereocenters. The minimum Gasteiger partial charge on any atom is -0.399 e. The monoisotopic (exact) mass is 442 g/mol. The van der Waals surface area contributed by atoms with Crippen LogP contribution in [0.5, 0.6) is 0 Å². The molecule has 0 fully saturated rings. The molecule has 8 heteroatoms. The van der Waals surface area contributed by atoms with E-state index in [9.17, 15) is 4.79 Å². The minimum atomic E-state index is -0.190. The average Bonchev–Trinajstić information content (AvgIpc) is 3.22. The van der Waals surface area contributed by atoms with E-state index in [2.05, 4.69) is 32.7 Å². The molecule has 4 rings (SSSR count). The van der Waals surface area contributed by atoms with E-state index in [1.54, 1.807) is 30.3 Å². The summed E-state index contributed by atoms with van der Waals surface area (Å²) in [6, 6.07) is 15.0. The predicted octanol–water partition coefficient (Wildman–Crippen LogP) is 2.89. The Bertz CT molecular complexity index is 1220. The highest BCUT2D eigenvalue weighted by Crippen LogP contribution is 2.20. The van der Waals surface area contributed by atoms with E-state index in [1.807, 2.05) is 42.1 Å². The van der Waals surface area contributed by atoms with Crippen LogP contribution in [0.1, 0.15) is 6.42 Å². The lowest BCUT2D eigenvalue weighted by molar-refractivity contribution is -0.671. The van der Waals surface area contributed by atoms with Crippen LogP contribution in [0.25, 0.3) is 0 Å². The molecule has 0 saturated heterocycles. The van der Waals surface area contributed by atoms with Gasteiger partial charge in [-0.05, 0) is 54.6 Å². The van der Waals surface area contributed by atoms with Crippen molar-refractivity contribution in [3.8, 4) is 0 Å². The Labute approximate surface area is 192 Å². The van der Waals surface area contributed by atoms with Crippen LogP contribution in [-0.4, -0.2) is 22.6 Å². The highest BCUT2D eigenvalue weighted by atomic mass is 16.1. The van der Waals surface area contributed by atoms with Gasteiger partial charge in [-0.3, -0.25) is 4.79 Å². The Morgan fingerprint density at radius 1 is 1.00 bits per heavy atom. The zero-order chi connectivity index (χ0) is 23.2. The lowest BCUT2D eigenvalue weighted by Gasteiger charge is -2.15. The Kier molecular flexibility index (Phi) is 6.54. The number of nitrogens with one attached hydrogen (secondary N) is 2. The first kappa shape index (κ1) is 21.9. The first-order valence-electron chi connectivity index (χ1n) is 10.8. The van der Waals surface area contributed by atoms with Gasteiger partial charge in [0, 0.05) is 36.1 Å². The molecule has 3 aromatic rings. The quantitative estimate of drug-likeness (QED) is 0.185. The third kappa shape index (κ3) is 5.88. The van der Waals surface area contributed by atoms with Gasteiger partial charge in [0.25, 0.3) is 0 Å². The largest absolute Gasteiger partial charge is 0.399 e. The van der Waals surface area contributed by atoms with Crippen LogP contribution in [-0.2, 0) is 18.4 Å². The molecule has 0 spiro atoms. The summed E-state index contributed by atoms with van der Waals surface area (Å²) in [6.07, 6.45) is 10.2. The molecule has 0 radical (unpaired) electrons. The molecule has 168 valence electrons. The molecule has 0 amide bonds. The third-order valence-corrected chi connectivity index (χ3v) is 5.18. The number of carbonyl (C=O) groups is 1. The van der Waals surface area contributed by atoms with Crippen molar-refractivity contribution in [2.75, 3.05) is 22.9 Å². The van der Waals surface area contributed by atoms with E-state index in [-0.39, 0.29) is 5.78 Å². The summed E-state index contributed by atoms with van der Waals surface area (Å²) in [4.78, 5) is 17.0. The van der Waals surface area contributed by atoms with Crippen LogP contribution < -0.4 is 26.7 Å². The number of anilines is 3. The first-order chi connectivity index (χ1) is 16.0. The van der Waals surface area contributed by atoms with Crippen LogP contribution in [0.4, 0.5) is 22.7 Å². The van der Waals surface area contributed by atoms with Gasteiger partial charge in [0.1, 0.15) is 12.4 Å². The predicted molar refractivity (Wildman–Crippen MR) is 132 cm³/mol. The number of ketones is 1. The number of hydrogen-bond donors (Lipinski definition) is 4. The fraction of sp³-hybridized carbons (Fsp3) is 0.160. The molecule has 2 aromatic carbocycles. The molecule has 8 nitrogen and oxygen atoms in total. The van der Waals surface area contributed by atoms with E-state index in [1.165, 1.54) is 6.08 Å². The number of imidazole rings is 1. The topological polar surface area (TPSA) is 114 Å². The van der Waals surface area contributed by atoms with Crippen molar-refractivity contribution < 1.29 is 9.36 Å². The van der Waals surface area contributed by atoms with Gasteiger partial charge in [0.15, 0.2) is 0 Å². The van der Waals surface area contributed by atoms with Crippen molar-refractivity contribution in [3.05, 3.63) is 90.8 Å². The highest BCUT2D eigenvalue weighted by Gasteiger charge is 2.17. The standard InChI is InChI=1S/C25H27N7O/c1-31-13-14-32(17-31)12-2-11-28-19-7-9-21(10-8-19)30-24-16-23(22(27)15-25(24)33)29-20-5-3-18(26)4-6-20/h3-10,13-17H,2,11-12H2,1H3,(H5-,26,27,28,29,30,33)/p+1. The van der Waals surface area contributed by atoms with Gasteiger partial charge in [-0.25, -0.2) is 14.1 Å². The molecule has 1 aromatic heterocycles. The molecule has 1 aliphatic rings. The number of carbonyl (C=O) groups excluding carboxylic acids is 1. The molecular weight excluding hydrogens is 414 g/mol. The Hall–Kier alpha value is -4.33. The summed E-state index contributed by atoms with van der Waals surface area (Å²) in [7, 11) is 2.01. The van der Waals surface area contributed by atoms with Crippen LogP contribution >= 0.6 is 0 Å². The normalized spacial score (nSPS) is 14.7. The Morgan fingerprint density at radius 3 is 2.42 bits per heavy atom. The fourth-order valence-electron chi connectivity index (χ4n) is 3.42. The Morgan fingerprint density at radius 2 is 1.73 bits per heavy atom. The van der Waals surface area contributed by atoms with E-state index in [0.717, 1.165) is 30.9 Å². The maximum Gasteiger partial charge on any atom is 0.243 e. The summed E-state index contributed by atoms with van der Waals surface area (Å²) in [6.45, 7) is 1.83. The van der Waals surface area contributed by atoms with Crippen LogP contribution in [0.3, 0.4) is 0 Å². The number of aryl methyl sites for hydroxylation is 2. The average molecular weight is 443 g/mol. The molecule has 0 bridgehead atoms. The molecule has 1 heterocycles. The van der Waals surface area contributed by atoms with Crippen molar-refractivity contribution in [3.63, 3.8) is 0 Å². The maximum absolute atomic E-state index is 12.4. The summed E-state index contributed by atoms with van der Waals surface area (Å²) in [5.74, 6) is -0.190. The number of aliphatic imine (C=N–C) groups is 1. The second kappa shape index (κ2) is 9.86. The van der Waals surface area contributed by atoms with Crippen LogP contribution in [0.2, 0.25) is 0 Å². The minimum absolute atomic E-state index is 0.190. The van der Waals surface area contributed by atoms with E-state index >= 15 is 0 Å². The second-order valence-electron chi connectivity index (χ2n) is 7.91. The number of rotatable bonds is 8. The molecular formula is C25H28N7O+. The number of allylic oxidation sites excluding steroid dienone is 2. The van der Waals surface area contributed by atoms with Crippen molar-refractivity contribution in [1.82, 2.24) is 4.57 Å². The molecule has 33 heavy (non-hydrogen) atoms. The summed E-state index contributed by atoms with van der Waals surface area (Å²) < 4.78 is 4.19. The summed E-state index contributed by atoms with van der Waals surface area (Å²) >= 11 is 0. The molecule has 0 unspecified atom stereocenters. The number of nitrogen functional groups attached to an aromatic ring is 1. The smallest absolute Gasteiger partial charge is 0.243 e. The number of aromatic nitrogens is 2. The van der Waals surface area contributed by atoms with E-state index in [4.69, 9.17) is 11.5 Å². The van der Waals surface area contributed by atoms with Gasteiger partial charge in [-0.15, -0.1) is 0 Å². The SMILES string of the molecule is C[n+]1ccn(CCCNc2ccc(NC3=C/C(=N\c4ccc(N)cc4)C(N)=CC3=O)cc2)c1. The lowest BCUT2D eigenvalue weighted by Crippen LogP contribution is -2.23. The zero-order valence-electron chi connectivity index (χ0n) is 18.5. The van der Waals surface area contributed by atoms with Gasteiger partial charge in [0.2, 0.25) is 12.1 Å². The van der Waals surface area contributed by atoms with E-state index in [0.29, 0.717) is 28.5 Å². The second-order valence-corrected chi connectivity index (χ2v) is 7.91. The lowest BCUT2D eigenvalue weighted by atomic mass is 10.1. The fourth-order valence-corrected chi connectivity index (χ4v) is 3.42. The van der Waals surface area contributed by atoms with E-state index < -0.39 is 0 Å². The maximum atomic E-state index is 12.4.